The Kier molecular flexibility index (Phi) is 6.23. The number of nitrogens with zero attached hydrogens (tertiary/aromatic N) is 1. The molecule has 3 N–H and O–H groups in total. The van der Waals surface area contributed by atoms with Crippen molar-refractivity contribution in [3.63, 3.8) is 0 Å². The minimum absolute atomic E-state index is 0.0347. The van der Waals surface area contributed by atoms with Crippen LogP contribution in [0.5, 0.6) is 0 Å². The van der Waals surface area contributed by atoms with E-state index in [1.54, 1.807) is 13.8 Å². The van der Waals surface area contributed by atoms with E-state index in [1.807, 2.05) is 6.07 Å². The summed E-state index contributed by atoms with van der Waals surface area (Å²) >= 11 is 0. The molecule has 0 bridgehead atoms. The number of furan rings is 1. The Morgan fingerprint density at radius 3 is 2.43 bits per heavy atom. The van der Waals surface area contributed by atoms with Crippen molar-refractivity contribution in [1.29, 1.82) is 5.26 Å². The normalized spacial score (nSPS) is 16.7. The lowest BCUT2D eigenvalue weighted by molar-refractivity contribution is -0.161. The van der Waals surface area contributed by atoms with Crippen molar-refractivity contribution in [3.05, 3.63) is 47.5 Å². The number of amides is 1. The lowest BCUT2D eigenvalue weighted by Gasteiger charge is -2.29. The van der Waals surface area contributed by atoms with Crippen molar-refractivity contribution < 1.29 is 32.3 Å². The van der Waals surface area contributed by atoms with Gasteiger partial charge in [-0.3, -0.25) is 10.1 Å². The third-order valence-corrected chi connectivity index (χ3v) is 6.12. The molecule has 0 saturated heterocycles. The van der Waals surface area contributed by atoms with E-state index in [0.717, 1.165) is 0 Å². The van der Waals surface area contributed by atoms with Crippen molar-refractivity contribution in [2.45, 2.75) is 56.9 Å². The van der Waals surface area contributed by atoms with Crippen molar-refractivity contribution in [2.24, 2.45) is 5.92 Å². The fourth-order valence-electron chi connectivity index (χ4n) is 4.12. The largest absolute Gasteiger partial charge is 0.478 e. The molecule has 1 aromatic heterocycles. The average Bonchev–Trinajstić information content (AvgIpc) is 3.46. The Bertz CT molecular complexity index is 1340. The second kappa shape index (κ2) is 8.89. The van der Waals surface area contributed by atoms with Gasteiger partial charge in [0.15, 0.2) is 0 Å². The monoisotopic (exact) mass is 487 g/mol. The van der Waals surface area contributed by atoms with Crippen LogP contribution in [0.2, 0.25) is 0 Å². The molecule has 10 heteroatoms. The van der Waals surface area contributed by atoms with Crippen molar-refractivity contribution >= 4 is 33.8 Å². The molecule has 2 unspecified atom stereocenters. The molecule has 0 aliphatic heterocycles. The first-order chi connectivity index (χ1) is 16.4. The van der Waals surface area contributed by atoms with Gasteiger partial charge in [0, 0.05) is 10.8 Å². The van der Waals surface area contributed by atoms with Crippen molar-refractivity contribution in [3.8, 4) is 6.07 Å². The molecule has 184 valence electrons. The average molecular weight is 487 g/mol. The highest BCUT2D eigenvalue weighted by Crippen LogP contribution is 2.38. The summed E-state index contributed by atoms with van der Waals surface area (Å²) in [6, 6.07) is 6.91. The summed E-state index contributed by atoms with van der Waals surface area (Å²) in [5, 5.41) is 24.5. The number of nitriles is 1. The molecule has 1 fully saturated rings. The fraction of sp³-hybridized carbons (Fsp3) is 0.400. The van der Waals surface area contributed by atoms with Crippen LogP contribution in [-0.2, 0) is 4.79 Å². The molecule has 4 rings (SSSR count). The summed E-state index contributed by atoms with van der Waals surface area (Å²) in [6.45, 7) is 3.60. The summed E-state index contributed by atoms with van der Waals surface area (Å²) in [6.07, 6.45) is -3.64. The summed E-state index contributed by atoms with van der Waals surface area (Å²) in [5.74, 6) is -1.85. The number of carbonyl (C=O) groups excluding carboxylic acids is 1. The third kappa shape index (κ3) is 5.10. The quantitative estimate of drug-likeness (QED) is 0.409. The zero-order chi connectivity index (χ0) is 25.5. The Morgan fingerprint density at radius 2 is 1.86 bits per heavy atom. The van der Waals surface area contributed by atoms with Crippen LogP contribution in [0.1, 0.15) is 55.1 Å². The smallest absolute Gasteiger partial charge is 0.407 e. The highest BCUT2D eigenvalue weighted by Gasteiger charge is 2.47. The van der Waals surface area contributed by atoms with E-state index in [-0.39, 0.29) is 29.0 Å². The first-order valence-corrected chi connectivity index (χ1v) is 11.2. The van der Waals surface area contributed by atoms with Gasteiger partial charge in [-0.25, -0.2) is 4.79 Å². The number of fused-ring (bicyclic) bond motifs is 3. The second-order valence-electron chi connectivity index (χ2n) is 9.38. The predicted octanol–water partition coefficient (Wildman–Crippen LogP) is 5.06. The van der Waals surface area contributed by atoms with Crippen molar-refractivity contribution in [1.82, 2.24) is 10.6 Å². The number of carboxylic acid groups (broad SMARTS) is 1. The van der Waals surface area contributed by atoms with E-state index in [1.165, 1.54) is 36.4 Å². The van der Waals surface area contributed by atoms with E-state index in [2.05, 4.69) is 10.6 Å². The summed E-state index contributed by atoms with van der Waals surface area (Å²) in [7, 11) is 0. The lowest BCUT2D eigenvalue weighted by atomic mass is 9.98. The Morgan fingerprint density at radius 1 is 1.14 bits per heavy atom. The van der Waals surface area contributed by atoms with Crippen LogP contribution in [0.25, 0.3) is 21.9 Å². The summed E-state index contributed by atoms with van der Waals surface area (Å²) in [4.78, 5) is 24.1. The molecular weight excluding hydrogens is 463 g/mol. The van der Waals surface area contributed by atoms with Gasteiger partial charge in [0.1, 0.15) is 22.7 Å². The van der Waals surface area contributed by atoms with E-state index in [9.17, 15) is 33.1 Å². The SMILES string of the molecule is CC(C)CC(NC(c1ccc2c(c1)oc1ccc(C(=O)O)cc12)C(F)(F)F)C(=O)NC1(C#N)CC1. The fourth-order valence-corrected chi connectivity index (χ4v) is 4.12. The molecule has 1 amide bonds. The molecule has 35 heavy (non-hydrogen) atoms. The summed E-state index contributed by atoms with van der Waals surface area (Å²) in [5.41, 5.74) is -0.591. The van der Waals surface area contributed by atoms with E-state index < -0.39 is 35.7 Å². The number of hydrogen-bond donors (Lipinski definition) is 3. The molecule has 1 saturated carbocycles. The highest BCUT2D eigenvalue weighted by molar-refractivity contribution is 6.07. The molecule has 2 atom stereocenters. The number of halogens is 3. The number of aromatic carboxylic acids is 1. The zero-order valence-electron chi connectivity index (χ0n) is 19.1. The maximum absolute atomic E-state index is 14.2. The van der Waals surface area contributed by atoms with Gasteiger partial charge in [0.2, 0.25) is 5.91 Å². The van der Waals surface area contributed by atoms with E-state index >= 15 is 0 Å². The third-order valence-electron chi connectivity index (χ3n) is 6.12. The summed E-state index contributed by atoms with van der Waals surface area (Å²) < 4.78 is 48.3. The van der Waals surface area contributed by atoms with Gasteiger partial charge in [-0.2, -0.15) is 18.4 Å². The van der Waals surface area contributed by atoms with Gasteiger partial charge in [-0.05, 0) is 55.0 Å². The van der Waals surface area contributed by atoms with Gasteiger partial charge in [0.25, 0.3) is 0 Å². The topological polar surface area (TPSA) is 115 Å². The molecular formula is C25H24F3N3O4. The first kappa shape index (κ1) is 24.5. The molecule has 0 radical (unpaired) electrons. The van der Waals surface area contributed by atoms with Gasteiger partial charge in [-0.15, -0.1) is 0 Å². The molecule has 1 aliphatic carbocycles. The van der Waals surface area contributed by atoms with Gasteiger partial charge >= 0.3 is 12.1 Å². The maximum Gasteiger partial charge on any atom is 0.407 e. The minimum Gasteiger partial charge on any atom is -0.478 e. The van der Waals surface area contributed by atoms with Crippen LogP contribution < -0.4 is 10.6 Å². The Labute approximate surface area is 198 Å². The number of rotatable bonds is 8. The van der Waals surface area contributed by atoms with E-state index in [0.29, 0.717) is 29.2 Å². The van der Waals surface area contributed by atoms with Gasteiger partial charge < -0.3 is 14.8 Å². The standard InChI is InChI=1S/C25H24F3N3O4/c1-13(2)9-18(22(32)31-24(12-29)7-8-24)30-21(25(26,27)28)14-3-5-16-17-10-15(23(33)34)4-6-19(17)35-20(16)11-14/h3-6,10-11,13,18,21,30H,7-9H2,1-2H3,(H,31,32)(H,33,34). The van der Waals surface area contributed by atoms with Crippen LogP contribution in [0.15, 0.2) is 40.8 Å². The Balaban J connectivity index is 1.69. The first-order valence-electron chi connectivity index (χ1n) is 11.2. The highest BCUT2D eigenvalue weighted by atomic mass is 19.4. The molecule has 1 heterocycles. The van der Waals surface area contributed by atoms with E-state index in [4.69, 9.17) is 4.42 Å². The number of nitrogens with one attached hydrogen (secondary N) is 2. The maximum atomic E-state index is 14.2. The number of benzene rings is 2. The molecule has 3 aromatic rings. The van der Waals surface area contributed by atoms with Crippen molar-refractivity contribution in [2.75, 3.05) is 0 Å². The molecule has 0 spiro atoms. The number of alkyl halides is 3. The lowest BCUT2D eigenvalue weighted by Crippen LogP contribution is -2.52. The number of carboxylic acids is 1. The Hall–Kier alpha value is -3.58. The van der Waals surface area contributed by atoms with Crippen LogP contribution in [0.4, 0.5) is 13.2 Å². The van der Waals surface area contributed by atoms with Crippen LogP contribution in [0.3, 0.4) is 0 Å². The molecule has 7 nitrogen and oxygen atoms in total. The zero-order valence-corrected chi connectivity index (χ0v) is 19.1. The van der Waals surface area contributed by atoms with Crippen LogP contribution in [0, 0.1) is 17.2 Å². The number of carbonyl (C=O) groups is 2. The van der Waals surface area contributed by atoms with Crippen LogP contribution in [-0.4, -0.2) is 34.7 Å². The minimum atomic E-state index is -4.72. The predicted molar refractivity (Wildman–Crippen MR) is 122 cm³/mol. The number of hydrogen-bond acceptors (Lipinski definition) is 5. The van der Waals surface area contributed by atoms with Crippen LogP contribution >= 0.6 is 0 Å². The van der Waals surface area contributed by atoms with Gasteiger partial charge in [0.05, 0.1) is 17.7 Å². The second-order valence-corrected chi connectivity index (χ2v) is 9.38. The van der Waals surface area contributed by atoms with Gasteiger partial charge in [-0.1, -0.05) is 26.0 Å². The molecule has 2 aromatic carbocycles. The molecule has 1 aliphatic rings.